The fourth-order valence-electron chi connectivity index (χ4n) is 3.46. The van der Waals surface area contributed by atoms with Gasteiger partial charge in [-0.2, -0.15) is 0 Å². The van der Waals surface area contributed by atoms with Gasteiger partial charge in [0.15, 0.2) is 12.6 Å². The third-order valence-electron chi connectivity index (χ3n) is 5.22. The molecule has 2 saturated heterocycles. The number of aliphatic hydroxyl groups is 8. The zero-order chi connectivity index (χ0) is 23.5. The lowest BCUT2D eigenvalue weighted by Crippen LogP contribution is -2.68. The summed E-state index contributed by atoms with van der Waals surface area (Å²) in [4.78, 5) is 11.9. The summed E-state index contributed by atoms with van der Waals surface area (Å²) in [7, 11) is 0. The second kappa shape index (κ2) is 10.6. The van der Waals surface area contributed by atoms with Gasteiger partial charge in [-0.3, -0.25) is 0 Å². The third kappa shape index (κ3) is 5.23. The van der Waals surface area contributed by atoms with Gasteiger partial charge in [0, 0.05) is 5.57 Å². The zero-order valence-electron chi connectivity index (χ0n) is 17.0. The van der Waals surface area contributed by atoms with Crippen molar-refractivity contribution in [2.45, 2.75) is 74.8 Å². The molecule has 13 nitrogen and oxygen atoms in total. The van der Waals surface area contributed by atoms with Crippen LogP contribution in [0.3, 0.4) is 0 Å². The second-order valence-corrected chi connectivity index (χ2v) is 7.40. The molecule has 0 aromatic carbocycles. The number of carbonyl (C=O) groups excluding carboxylic acids is 1. The average Bonchev–Trinajstić information content (AvgIpc) is 2.75. The Labute approximate surface area is 177 Å². The molecular weight excluding hydrogens is 424 g/mol. The zero-order valence-corrected chi connectivity index (χ0v) is 17.0. The van der Waals surface area contributed by atoms with Gasteiger partial charge in [0.1, 0.15) is 48.3 Å². The lowest BCUT2D eigenvalue weighted by atomic mass is 9.85. The molecule has 0 amide bonds. The Hall–Kier alpha value is -1.23. The first kappa shape index (κ1) is 26.0. The van der Waals surface area contributed by atoms with Crippen LogP contribution in [0.1, 0.15) is 13.8 Å². The number of hydrogen-bond donors (Lipinski definition) is 8. The Morgan fingerprint density at radius 1 is 1.03 bits per heavy atom. The van der Waals surface area contributed by atoms with Crippen LogP contribution in [0.25, 0.3) is 0 Å². The highest BCUT2D eigenvalue weighted by Gasteiger charge is 2.55. The molecule has 2 heterocycles. The van der Waals surface area contributed by atoms with E-state index in [1.165, 1.54) is 6.92 Å². The van der Waals surface area contributed by atoms with Gasteiger partial charge in [-0.05, 0) is 19.9 Å². The van der Waals surface area contributed by atoms with Gasteiger partial charge in [-0.25, -0.2) is 4.79 Å². The maximum Gasteiger partial charge on any atom is 0.333 e. The van der Waals surface area contributed by atoms with Crippen molar-refractivity contribution in [3.63, 3.8) is 0 Å². The van der Waals surface area contributed by atoms with Crippen LogP contribution in [0, 0.1) is 0 Å². The molecule has 0 aromatic rings. The highest BCUT2D eigenvalue weighted by molar-refractivity contribution is 5.88. The molecule has 0 spiro atoms. The van der Waals surface area contributed by atoms with Crippen molar-refractivity contribution in [3.05, 3.63) is 11.6 Å². The van der Waals surface area contributed by atoms with Crippen LogP contribution in [-0.4, -0.2) is 128 Å². The number of rotatable bonds is 7. The quantitative estimate of drug-likeness (QED) is 0.135. The minimum absolute atomic E-state index is 0.0585. The maximum atomic E-state index is 11.9. The first-order valence-corrected chi connectivity index (χ1v) is 9.68. The van der Waals surface area contributed by atoms with E-state index in [-0.39, 0.29) is 12.2 Å². The largest absolute Gasteiger partial charge is 0.463 e. The minimum Gasteiger partial charge on any atom is -0.463 e. The summed E-state index contributed by atoms with van der Waals surface area (Å²) in [5, 5.41) is 80.0. The van der Waals surface area contributed by atoms with Crippen molar-refractivity contribution in [2.75, 3.05) is 19.8 Å². The lowest BCUT2D eigenvalue weighted by molar-refractivity contribution is -0.367. The summed E-state index contributed by atoms with van der Waals surface area (Å²) in [6, 6.07) is 0. The van der Waals surface area contributed by atoms with Gasteiger partial charge in [0.25, 0.3) is 0 Å². The molecule has 2 aliphatic heterocycles. The van der Waals surface area contributed by atoms with E-state index in [1.54, 1.807) is 6.92 Å². The van der Waals surface area contributed by atoms with Crippen LogP contribution < -0.4 is 0 Å². The number of aliphatic hydroxyl groups excluding tert-OH is 8. The van der Waals surface area contributed by atoms with E-state index in [9.17, 15) is 45.6 Å². The molecule has 2 fully saturated rings. The van der Waals surface area contributed by atoms with Crippen LogP contribution in [0.2, 0.25) is 0 Å². The SMILES string of the molecule is CCOC(=O)/C(C)=C/[C@]1(CO)O[C@H](O[C@H]2[C@H](O)[C@@H](O)[C@H](O)O[C@@H]2CO)[C@H](O)[C@@H](O)[C@H]1O. The normalized spacial score (nSPS) is 44.2. The maximum absolute atomic E-state index is 11.9. The number of esters is 1. The lowest BCUT2D eigenvalue weighted by Gasteiger charge is -2.49. The van der Waals surface area contributed by atoms with Crippen LogP contribution in [0.5, 0.6) is 0 Å². The molecule has 10 atom stereocenters. The summed E-state index contributed by atoms with van der Waals surface area (Å²) in [5.74, 6) is -0.780. The van der Waals surface area contributed by atoms with Crippen molar-refractivity contribution < 1.29 is 64.6 Å². The Morgan fingerprint density at radius 3 is 2.23 bits per heavy atom. The molecule has 2 rings (SSSR count). The van der Waals surface area contributed by atoms with E-state index in [4.69, 9.17) is 18.9 Å². The monoisotopic (exact) mass is 454 g/mol. The average molecular weight is 454 g/mol. The van der Waals surface area contributed by atoms with Crippen LogP contribution >= 0.6 is 0 Å². The van der Waals surface area contributed by atoms with E-state index >= 15 is 0 Å². The number of hydrogen-bond acceptors (Lipinski definition) is 13. The van der Waals surface area contributed by atoms with Crippen molar-refractivity contribution in [3.8, 4) is 0 Å². The molecule has 0 saturated carbocycles. The fourth-order valence-corrected chi connectivity index (χ4v) is 3.46. The molecule has 0 radical (unpaired) electrons. The highest BCUT2D eigenvalue weighted by Crippen LogP contribution is 2.35. The highest BCUT2D eigenvalue weighted by atomic mass is 16.7. The number of carbonyl (C=O) groups is 1. The molecule has 13 heteroatoms. The topological polar surface area (TPSA) is 216 Å². The molecular formula is C18H30O13. The summed E-state index contributed by atoms with van der Waals surface area (Å²) < 4.78 is 20.7. The summed E-state index contributed by atoms with van der Waals surface area (Å²) in [6.07, 6.45) is -14.9. The standard InChI is InChI=1S/C18H30O13/c1-3-28-15(26)7(2)4-18(6-20)14(25)10(22)12(24)17(31-18)30-13-8(5-19)29-16(27)11(23)9(13)21/h4,8-14,16-17,19-25,27H,3,5-6H2,1-2H3/b7-4+/t8-,9-,10-,11-,12-,13-,14-,16-,17+,18-/m1/s1. The Bertz CT molecular complexity index is 640. The summed E-state index contributed by atoms with van der Waals surface area (Å²) in [5.41, 5.74) is -2.20. The van der Waals surface area contributed by atoms with Gasteiger partial charge >= 0.3 is 5.97 Å². The molecule has 8 N–H and O–H groups in total. The molecule has 0 aliphatic carbocycles. The van der Waals surface area contributed by atoms with Gasteiger partial charge in [0.2, 0.25) is 0 Å². The molecule has 2 aliphatic rings. The Morgan fingerprint density at radius 2 is 1.68 bits per heavy atom. The van der Waals surface area contributed by atoms with Crippen molar-refractivity contribution >= 4 is 5.97 Å². The van der Waals surface area contributed by atoms with E-state index < -0.39 is 80.1 Å². The molecule has 0 bridgehead atoms. The number of ether oxygens (including phenoxy) is 4. The van der Waals surface area contributed by atoms with Crippen LogP contribution in [0.15, 0.2) is 11.6 Å². The van der Waals surface area contributed by atoms with Gasteiger partial charge in [0.05, 0.1) is 19.8 Å². The van der Waals surface area contributed by atoms with E-state index in [1.807, 2.05) is 0 Å². The van der Waals surface area contributed by atoms with E-state index in [2.05, 4.69) is 0 Å². The first-order valence-electron chi connectivity index (χ1n) is 9.68. The molecule has 0 unspecified atom stereocenters. The molecule has 180 valence electrons. The summed E-state index contributed by atoms with van der Waals surface area (Å²) in [6.45, 7) is 1.24. The minimum atomic E-state index is -2.12. The summed E-state index contributed by atoms with van der Waals surface area (Å²) >= 11 is 0. The predicted octanol–water partition coefficient (Wildman–Crippen LogP) is -4.52. The third-order valence-corrected chi connectivity index (χ3v) is 5.22. The van der Waals surface area contributed by atoms with Crippen molar-refractivity contribution in [1.82, 2.24) is 0 Å². The van der Waals surface area contributed by atoms with Crippen LogP contribution in [0.4, 0.5) is 0 Å². The Kier molecular flexibility index (Phi) is 8.89. The first-order chi connectivity index (χ1) is 14.5. The van der Waals surface area contributed by atoms with Crippen molar-refractivity contribution in [2.24, 2.45) is 0 Å². The smallest absolute Gasteiger partial charge is 0.333 e. The van der Waals surface area contributed by atoms with E-state index in [0.717, 1.165) is 6.08 Å². The van der Waals surface area contributed by atoms with Gasteiger partial charge in [-0.15, -0.1) is 0 Å². The Balaban J connectivity index is 2.33. The fraction of sp³-hybridized carbons (Fsp3) is 0.833. The van der Waals surface area contributed by atoms with Gasteiger partial charge in [-0.1, -0.05) is 0 Å². The van der Waals surface area contributed by atoms with E-state index in [0.29, 0.717) is 0 Å². The second-order valence-electron chi connectivity index (χ2n) is 7.40. The molecule has 31 heavy (non-hydrogen) atoms. The van der Waals surface area contributed by atoms with Crippen LogP contribution in [-0.2, 0) is 23.7 Å². The predicted molar refractivity (Wildman–Crippen MR) is 98.0 cm³/mol. The molecule has 0 aromatic heterocycles. The van der Waals surface area contributed by atoms with Gasteiger partial charge < -0.3 is 59.8 Å². The van der Waals surface area contributed by atoms with Crippen molar-refractivity contribution in [1.29, 1.82) is 0 Å².